The summed E-state index contributed by atoms with van der Waals surface area (Å²) in [6, 6.07) is 8.61. The van der Waals surface area contributed by atoms with Crippen molar-refractivity contribution < 1.29 is 9.41 Å². The van der Waals surface area contributed by atoms with E-state index in [0.717, 1.165) is 23.8 Å². The molecule has 1 N–H and O–H groups in total. The molecule has 0 saturated carbocycles. The van der Waals surface area contributed by atoms with E-state index < -0.39 is 0 Å². The minimum absolute atomic E-state index is 0.294. The van der Waals surface area contributed by atoms with Crippen LogP contribution in [-0.4, -0.2) is 11.8 Å². The quantitative estimate of drug-likeness (QED) is 0.818. The second-order valence-electron chi connectivity index (χ2n) is 5.71. The molecule has 0 radical (unpaired) electrons. The SMILES string of the molecule is CC1=CC(C2=c3oc4ccccc4c3=CCC2)[NH+]=C1C. The number of benzene rings is 1. The summed E-state index contributed by atoms with van der Waals surface area (Å²) in [5, 5.41) is 2.51. The maximum atomic E-state index is 6.14. The second kappa shape index (κ2) is 4.20. The standard InChI is InChI=1S/C18H17NO/c1-11-10-16(19-12(11)2)15-8-5-7-14-13-6-3-4-9-17(13)20-18(14)15/h3-4,6-7,9-10,16H,5,8H2,1-2H3/p+1. The van der Waals surface area contributed by atoms with Gasteiger partial charge < -0.3 is 4.42 Å². The van der Waals surface area contributed by atoms with E-state index in [4.69, 9.17) is 4.42 Å². The topological polar surface area (TPSA) is 27.1 Å². The number of rotatable bonds is 1. The minimum atomic E-state index is 0.294. The van der Waals surface area contributed by atoms with Crippen molar-refractivity contribution in [1.82, 2.24) is 0 Å². The zero-order valence-corrected chi connectivity index (χ0v) is 11.9. The number of allylic oxidation sites excluding steroid dienone is 1. The van der Waals surface area contributed by atoms with E-state index in [1.807, 2.05) is 6.07 Å². The monoisotopic (exact) mass is 264 g/mol. The van der Waals surface area contributed by atoms with Gasteiger partial charge in [0.25, 0.3) is 0 Å². The van der Waals surface area contributed by atoms with Crippen molar-refractivity contribution in [3.8, 4) is 0 Å². The van der Waals surface area contributed by atoms with Crippen molar-refractivity contribution in [2.45, 2.75) is 32.7 Å². The molecule has 2 aliphatic rings. The molecule has 2 heteroatoms. The Morgan fingerprint density at radius 3 is 2.85 bits per heavy atom. The molecule has 0 fully saturated rings. The first kappa shape index (κ1) is 11.7. The van der Waals surface area contributed by atoms with Crippen molar-refractivity contribution in [1.29, 1.82) is 0 Å². The van der Waals surface area contributed by atoms with Crippen LogP contribution in [0.15, 0.2) is 40.3 Å². The molecule has 1 aromatic carbocycles. The molecule has 2 heterocycles. The summed E-state index contributed by atoms with van der Waals surface area (Å²) in [6.45, 7) is 4.30. The number of furan rings is 1. The molecule has 100 valence electrons. The normalized spacial score (nSPS) is 21.5. The van der Waals surface area contributed by atoms with Gasteiger partial charge in [-0.2, -0.15) is 0 Å². The van der Waals surface area contributed by atoms with Gasteiger partial charge in [0.2, 0.25) is 0 Å². The Bertz CT molecular complexity index is 862. The van der Waals surface area contributed by atoms with E-state index in [0.29, 0.717) is 6.04 Å². The third-order valence-corrected chi connectivity index (χ3v) is 4.44. The third-order valence-electron chi connectivity index (χ3n) is 4.44. The number of hydrogen-bond donors (Lipinski definition) is 1. The van der Waals surface area contributed by atoms with Crippen LogP contribution in [0.2, 0.25) is 0 Å². The summed E-state index contributed by atoms with van der Waals surface area (Å²) in [7, 11) is 0. The highest BCUT2D eigenvalue weighted by molar-refractivity contribution is 5.95. The Morgan fingerprint density at radius 1 is 1.20 bits per heavy atom. The lowest BCUT2D eigenvalue weighted by molar-refractivity contribution is -0.467. The summed E-state index contributed by atoms with van der Waals surface area (Å²) in [5.74, 6) is 0. The summed E-state index contributed by atoms with van der Waals surface area (Å²) in [6.07, 6.45) is 6.79. The molecular weight excluding hydrogens is 246 g/mol. The van der Waals surface area contributed by atoms with Gasteiger partial charge in [0.15, 0.2) is 11.8 Å². The fourth-order valence-electron chi connectivity index (χ4n) is 3.24. The van der Waals surface area contributed by atoms with Gasteiger partial charge in [0.1, 0.15) is 11.0 Å². The van der Waals surface area contributed by atoms with Gasteiger partial charge in [-0.05, 0) is 31.9 Å². The fourth-order valence-corrected chi connectivity index (χ4v) is 3.24. The van der Waals surface area contributed by atoms with Crippen LogP contribution in [-0.2, 0) is 0 Å². The van der Waals surface area contributed by atoms with Crippen molar-refractivity contribution in [2.24, 2.45) is 0 Å². The first-order valence-electron chi connectivity index (χ1n) is 7.24. The van der Waals surface area contributed by atoms with Crippen LogP contribution in [0.4, 0.5) is 0 Å². The van der Waals surface area contributed by atoms with Crippen LogP contribution in [0.5, 0.6) is 0 Å². The second-order valence-corrected chi connectivity index (χ2v) is 5.71. The van der Waals surface area contributed by atoms with Gasteiger partial charge in [0.05, 0.1) is 0 Å². The molecule has 1 atom stereocenters. The molecule has 1 unspecified atom stereocenters. The zero-order chi connectivity index (χ0) is 13.7. The fraction of sp³-hybridized carbons (Fsp3) is 0.278. The smallest absolute Gasteiger partial charge is 0.195 e. The van der Waals surface area contributed by atoms with Crippen molar-refractivity contribution >= 4 is 28.3 Å². The van der Waals surface area contributed by atoms with Crippen LogP contribution in [0.1, 0.15) is 26.7 Å². The highest BCUT2D eigenvalue weighted by Gasteiger charge is 2.26. The van der Waals surface area contributed by atoms with E-state index in [-0.39, 0.29) is 0 Å². The molecule has 0 saturated heterocycles. The lowest BCUT2D eigenvalue weighted by atomic mass is 9.97. The van der Waals surface area contributed by atoms with E-state index in [1.54, 1.807) is 0 Å². The van der Waals surface area contributed by atoms with Crippen LogP contribution in [0, 0.1) is 0 Å². The predicted octanol–water partition coefficient (Wildman–Crippen LogP) is 1.03. The van der Waals surface area contributed by atoms with Crippen molar-refractivity contribution in [2.75, 3.05) is 0 Å². The molecule has 0 amide bonds. The van der Waals surface area contributed by atoms with Crippen LogP contribution in [0.3, 0.4) is 0 Å². The molecule has 0 bridgehead atoms. The van der Waals surface area contributed by atoms with Gasteiger partial charge >= 0.3 is 0 Å². The predicted molar refractivity (Wildman–Crippen MR) is 81.8 cm³/mol. The molecule has 1 aromatic heterocycles. The summed E-state index contributed by atoms with van der Waals surface area (Å²) < 4.78 is 6.14. The molecule has 20 heavy (non-hydrogen) atoms. The number of fused-ring (bicyclic) bond motifs is 3. The summed E-state index contributed by atoms with van der Waals surface area (Å²) in [5.41, 5.74) is 6.07. The molecule has 1 aliphatic carbocycles. The van der Waals surface area contributed by atoms with Crippen LogP contribution < -0.4 is 15.6 Å². The molecule has 1 aliphatic heterocycles. The van der Waals surface area contributed by atoms with E-state index in [1.165, 1.54) is 27.5 Å². The van der Waals surface area contributed by atoms with Gasteiger partial charge in [-0.15, -0.1) is 0 Å². The maximum absolute atomic E-state index is 6.14. The molecular formula is C18H18NO+. The average molecular weight is 264 g/mol. The number of nitrogens with one attached hydrogen (secondary N) is 1. The highest BCUT2D eigenvalue weighted by Crippen LogP contribution is 2.17. The van der Waals surface area contributed by atoms with E-state index in [9.17, 15) is 0 Å². The van der Waals surface area contributed by atoms with Crippen molar-refractivity contribution in [3.05, 3.63) is 46.5 Å². The Kier molecular flexibility index (Phi) is 2.46. The van der Waals surface area contributed by atoms with E-state index in [2.05, 4.69) is 49.2 Å². The largest absolute Gasteiger partial charge is 0.456 e. The third kappa shape index (κ3) is 1.61. The van der Waals surface area contributed by atoms with Gasteiger partial charge in [-0.1, -0.05) is 24.3 Å². The van der Waals surface area contributed by atoms with Gasteiger partial charge in [-0.3, -0.25) is 0 Å². The number of para-hydroxylation sites is 1. The first-order valence-corrected chi connectivity index (χ1v) is 7.24. The maximum Gasteiger partial charge on any atom is 0.195 e. The molecule has 4 rings (SSSR count). The Hall–Kier alpha value is -2.09. The molecule has 2 aromatic rings. The minimum Gasteiger partial charge on any atom is -0.456 e. The Morgan fingerprint density at radius 2 is 2.05 bits per heavy atom. The van der Waals surface area contributed by atoms with Crippen LogP contribution >= 0.6 is 0 Å². The molecule has 0 spiro atoms. The van der Waals surface area contributed by atoms with Gasteiger partial charge in [-0.25, -0.2) is 4.99 Å². The summed E-state index contributed by atoms with van der Waals surface area (Å²) in [4.78, 5) is 3.57. The highest BCUT2D eigenvalue weighted by atomic mass is 16.3. The zero-order valence-electron chi connectivity index (χ0n) is 11.9. The first-order chi connectivity index (χ1) is 9.74. The Balaban J connectivity index is 2.04. The Labute approximate surface area is 117 Å². The van der Waals surface area contributed by atoms with Crippen LogP contribution in [0.25, 0.3) is 22.6 Å². The lowest BCUT2D eigenvalue weighted by Crippen LogP contribution is -2.77. The molecule has 2 nitrogen and oxygen atoms in total. The average Bonchev–Trinajstić information content (AvgIpc) is 2.99. The van der Waals surface area contributed by atoms with Gasteiger partial charge in [0, 0.05) is 28.7 Å². The summed E-state index contributed by atoms with van der Waals surface area (Å²) >= 11 is 0. The van der Waals surface area contributed by atoms with Crippen molar-refractivity contribution in [3.63, 3.8) is 0 Å². The number of hydrogen-bond acceptors (Lipinski definition) is 1. The lowest BCUT2D eigenvalue weighted by Gasteiger charge is -2.07. The van der Waals surface area contributed by atoms with E-state index >= 15 is 0 Å².